The van der Waals surface area contributed by atoms with Crippen LogP contribution in [0.4, 0.5) is 11.4 Å². The molecule has 28 heavy (non-hydrogen) atoms. The number of nitrogens with zero attached hydrogens (tertiary/aromatic N) is 1. The maximum Gasteiger partial charge on any atom is 0.254 e. The van der Waals surface area contributed by atoms with Gasteiger partial charge in [0.1, 0.15) is 5.75 Å². The third kappa shape index (κ3) is 5.47. The van der Waals surface area contributed by atoms with Crippen LogP contribution in [0.15, 0.2) is 48.5 Å². The summed E-state index contributed by atoms with van der Waals surface area (Å²) in [6.07, 6.45) is 0. The highest BCUT2D eigenvalue weighted by molar-refractivity contribution is 5.98. The van der Waals surface area contributed by atoms with Crippen molar-refractivity contribution in [1.82, 2.24) is 4.90 Å². The Morgan fingerprint density at radius 3 is 2.61 bits per heavy atom. The first-order valence-electron chi connectivity index (χ1n) is 9.39. The molecule has 2 aromatic rings. The lowest BCUT2D eigenvalue weighted by Crippen LogP contribution is -2.40. The lowest BCUT2D eigenvalue weighted by molar-refractivity contribution is -0.114. The van der Waals surface area contributed by atoms with E-state index >= 15 is 0 Å². The molecular formula is C21H25N3O4. The van der Waals surface area contributed by atoms with Crippen LogP contribution < -0.4 is 15.4 Å². The third-order valence-electron chi connectivity index (χ3n) is 4.29. The molecule has 0 radical (unpaired) electrons. The van der Waals surface area contributed by atoms with Gasteiger partial charge >= 0.3 is 0 Å². The number of benzene rings is 2. The number of amides is 2. The van der Waals surface area contributed by atoms with E-state index < -0.39 is 0 Å². The van der Waals surface area contributed by atoms with E-state index in [2.05, 4.69) is 10.6 Å². The molecule has 0 spiro atoms. The molecule has 3 rings (SSSR count). The molecule has 2 amide bonds. The molecule has 0 atom stereocenters. The number of nitrogens with one attached hydrogen (secondary N) is 2. The van der Waals surface area contributed by atoms with Gasteiger partial charge in [0.2, 0.25) is 5.91 Å². The Hall–Kier alpha value is -3.06. The van der Waals surface area contributed by atoms with Crippen LogP contribution in [0.1, 0.15) is 17.3 Å². The van der Waals surface area contributed by atoms with Gasteiger partial charge in [0.15, 0.2) is 0 Å². The second-order valence-corrected chi connectivity index (χ2v) is 6.35. The van der Waals surface area contributed by atoms with Crippen LogP contribution in [-0.2, 0) is 9.53 Å². The molecule has 1 saturated heterocycles. The zero-order valence-electron chi connectivity index (χ0n) is 15.9. The summed E-state index contributed by atoms with van der Waals surface area (Å²) < 4.78 is 10.7. The van der Waals surface area contributed by atoms with Gasteiger partial charge in [0.25, 0.3) is 5.91 Å². The van der Waals surface area contributed by atoms with Crippen LogP contribution in [0.2, 0.25) is 0 Å². The first kappa shape index (κ1) is 19.7. The van der Waals surface area contributed by atoms with Crippen LogP contribution in [-0.4, -0.2) is 56.2 Å². The molecule has 0 aliphatic carbocycles. The maximum absolute atomic E-state index is 12.6. The summed E-state index contributed by atoms with van der Waals surface area (Å²) >= 11 is 0. The quantitative estimate of drug-likeness (QED) is 0.768. The Labute approximate surface area is 164 Å². The van der Waals surface area contributed by atoms with Crippen molar-refractivity contribution in [2.24, 2.45) is 0 Å². The Morgan fingerprint density at radius 1 is 1.07 bits per heavy atom. The van der Waals surface area contributed by atoms with E-state index in [-0.39, 0.29) is 18.4 Å². The van der Waals surface area contributed by atoms with Gasteiger partial charge < -0.3 is 25.0 Å². The average molecular weight is 383 g/mol. The van der Waals surface area contributed by atoms with E-state index in [4.69, 9.17) is 9.47 Å². The van der Waals surface area contributed by atoms with E-state index in [1.807, 2.05) is 31.2 Å². The SMILES string of the molecule is CCOc1cccc(NCC(=O)Nc2cccc(C(=O)N3CCOCC3)c2)c1. The molecule has 7 nitrogen and oxygen atoms in total. The Bertz CT molecular complexity index is 819. The molecule has 1 fully saturated rings. The van der Waals surface area contributed by atoms with Crippen molar-refractivity contribution in [1.29, 1.82) is 0 Å². The largest absolute Gasteiger partial charge is 0.494 e. The molecule has 2 aromatic carbocycles. The highest BCUT2D eigenvalue weighted by Gasteiger charge is 2.18. The van der Waals surface area contributed by atoms with Crippen molar-refractivity contribution in [3.8, 4) is 5.75 Å². The molecule has 0 unspecified atom stereocenters. The normalized spacial score (nSPS) is 13.7. The fraction of sp³-hybridized carbons (Fsp3) is 0.333. The van der Waals surface area contributed by atoms with Crippen molar-refractivity contribution < 1.29 is 19.1 Å². The van der Waals surface area contributed by atoms with Gasteiger partial charge in [-0.2, -0.15) is 0 Å². The van der Waals surface area contributed by atoms with Gasteiger partial charge in [-0.3, -0.25) is 9.59 Å². The minimum atomic E-state index is -0.196. The Balaban J connectivity index is 1.55. The first-order valence-corrected chi connectivity index (χ1v) is 9.39. The number of anilines is 2. The highest BCUT2D eigenvalue weighted by atomic mass is 16.5. The van der Waals surface area contributed by atoms with Crippen molar-refractivity contribution in [3.63, 3.8) is 0 Å². The van der Waals surface area contributed by atoms with Crippen LogP contribution in [0.3, 0.4) is 0 Å². The van der Waals surface area contributed by atoms with E-state index in [0.29, 0.717) is 44.2 Å². The van der Waals surface area contributed by atoms with Crippen LogP contribution in [0, 0.1) is 0 Å². The Kier molecular flexibility index (Phi) is 6.86. The van der Waals surface area contributed by atoms with Crippen molar-refractivity contribution in [2.75, 3.05) is 50.1 Å². The molecule has 0 aromatic heterocycles. The van der Waals surface area contributed by atoms with Crippen molar-refractivity contribution in [2.45, 2.75) is 6.92 Å². The summed E-state index contributed by atoms with van der Waals surface area (Å²) in [6, 6.07) is 14.4. The molecule has 7 heteroatoms. The topological polar surface area (TPSA) is 79.9 Å². The summed E-state index contributed by atoms with van der Waals surface area (Å²) in [6.45, 7) is 4.89. The van der Waals surface area contributed by atoms with Gasteiger partial charge in [-0.15, -0.1) is 0 Å². The van der Waals surface area contributed by atoms with E-state index in [1.54, 1.807) is 29.2 Å². The second kappa shape index (κ2) is 9.75. The van der Waals surface area contributed by atoms with Gasteiger partial charge in [0.05, 0.1) is 26.4 Å². The summed E-state index contributed by atoms with van der Waals surface area (Å²) in [5, 5.41) is 5.89. The summed E-state index contributed by atoms with van der Waals surface area (Å²) in [5.74, 6) is 0.505. The predicted octanol–water partition coefficient (Wildman–Crippen LogP) is 2.61. The van der Waals surface area contributed by atoms with Gasteiger partial charge in [-0.25, -0.2) is 0 Å². The highest BCUT2D eigenvalue weighted by Crippen LogP contribution is 2.17. The van der Waals surface area contributed by atoms with Crippen LogP contribution in [0.5, 0.6) is 5.75 Å². The minimum Gasteiger partial charge on any atom is -0.494 e. The van der Waals surface area contributed by atoms with Crippen molar-refractivity contribution in [3.05, 3.63) is 54.1 Å². The zero-order chi connectivity index (χ0) is 19.8. The zero-order valence-corrected chi connectivity index (χ0v) is 15.9. The summed E-state index contributed by atoms with van der Waals surface area (Å²) in [4.78, 5) is 26.6. The molecule has 1 heterocycles. The van der Waals surface area contributed by atoms with Crippen LogP contribution >= 0.6 is 0 Å². The van der Waals surface area contributed by atoms with Crippen LogP contribution in [0.25, 0.3) is 0 Å². The number of carbonyl (C=O) groups excluding carboxylic acids is 2. The number of ether oxygens (including phenoxy) is 2. The summed E-state index contributed by atoms with van der Waals surface area (Å²) in [7, 11) is 0. The standard InChI is InChI=1S/C21H25N3O4/c1-2-28-19-8-4-6-17(14-19)22-15-20(25)23-18-7-3-5-16(13-18)21(26)24-9-11-27-12-10-24/h3-8,13-14,22H,2,9-12,15H2,1H3,(H,23,25). The number of hydrogen-bond acceptors (Lipinski definition) is 5. The van der Waals surface area contributed by atoms with E-state index in [9.17, 15) is 9.59 Å². The van der Waals surface area contributed by atoms with E-state index in [1.165, 1.54) is 0 Å². The number of morpholine rings is 1. The maximum atomic E-state index is 12.6. The monoisotopic (exact) mass is 383 g/mol. The number of carbonyl (C=O) groups is 2. The summed E-state index contributed by atoms with van der Waals surface area (Å²) in [5.41, 5.74) is 1.95. The van der Waals surface area contributed by atoms with Crippen molar-refractivity contribution >= 4 is 23.2 Å². The number of hydrogen-bond donors (Lipinski definition) is 2. The first-order chi connectivity index (χ1) is 13.7. The molecule has 2 N–H and O–H groups in total. The van der Waals surface area contributed by atoms with E-state index in [0.717, 1.165) is 11.4 Å². The average Bonchev–Trinajstić information content (AvgIpc) is 2.73. The molecule has 0 saturated carbocycles. The fourth-order valence-electron chi connectivity index (χ4n) is 2.93. The van der Waals surface area contributed by atoms with Gasteiger partial charge in [0, 0.05) is 36.1 Å². The number of rotatable bonds is 7. The molecule has 148 valence electrons. The fourth-order valence-corrected chi connectivity index (χ4v) is 2.93. The van der Waals surface area contributed by atoms with Gasteiger partial charge in [-0.05, 0) is 37.3 Å². The molecule has 0 bridgehead atoms. The lowest BCUT2D eigenvalue weighted by atomic mass is 10.1. The predicted molar refractivity (Wildman–Crippen MR) is 108 cm³/mol. The minimum absolute atomic E-state index is 0.0507. The Morgan fingerprint density at radius 2 is 1.82 bits per heavy atom. The molecule has 1 aliphatic rings. The molecular weight excluding hydrogens is 358 g/mol. The van der Waals surface area contributed by atoms with Gasteiger partial charge in [-0.1, -0.05) is 12.1 Å². The molecule has 1 aliphatic heterocycles. The third-order valence-corrected chi connectivity index (χ3v) is 4.29. The second-order valence-electron chi connectivity index (χ2n) is 6.35. The lowest BCUT2D eigenvalue weighted by Gasteiger charge is -2.27. The smallest absolute Gasteiger partial charge is 0.254 e.